The molecule has 2 aromatic rings. The standard InChI is InChI=1S/C15H14BrNO4/c1-9-7-12(16)4-6-14(9)21-15-5-3-11(10(2)18)8-13(15)17(19)20/h3-8,10,18H,1-2H3/t10-/m1/s1. The second kappa shape index (κ2) is 6.24. The van der Waals surface area contributed by atoms with Crippen LogP contribution in [0.2, 0.25) is 0 Å². The summed E-state index contributed by atoms with van der Waals surface area (Å²) in [7, 11) is 0. The predicted molar refractivity (Wildman–Crippen MR) is 82.7 cm³/mol. The van der Waals surface area contributed by atoms with E-state index < -0.39 is 11.0 Å². The lowest BCUT2D eigenvalue weighted by atomic mass is 10.1. The number of nitrogens with zero attached hydrogens (tertiary/aromatic N) is 1. The fraction of sp³-hybridized carbons (Fsp3) is 0.200. The van der Waals surface area contributed by atoms with Gasteiger partial charge in [0.1, 0.15) is 5.75 Å². The van der Waals surface area contributed by atoms with Crippen LogP contribution in [0.5, 0.6) is 11.5 Å². The lowest BCUT2D eigenvalue weighted by Crippen LogP contribution is -1.98. The maximum atomic E-state index is 11.2. The van der Waals surface area contributed by atoms with Gasteiger partial charge in [0.05, 0.1) is 11.0 Å². The van der Waals surface area contributed by atoms with Crippen LogP contribution in [0.15, 0.2) is 40.9 Å². The fourth-order valence-corrected chi connectivity index (χ4v) is 2.34. The van der Waals surface area contributed by atoms with E-state index >= 15 is 0 Å². The van der Waals surface area contributed by atoms with Crippen molar-refractivity contribution in [2.45, 2.75) is 20.0 Å². The largest absolute Gasteiger partial charge is 0.450 e. The predicted octanol–water partition coefficient (Wildman–Crippen LogP) is 4.51. The topological polar surface area (TPSA) is 72.6 Å². The number of aryl methyl sites for hydroxylation is 1. The van der Waals surface area contributed by atoms with Crippen LogP contribution in [0.3, 0.4) is 0 Å². The first-order valence-corrected chi connectivity index (χ1v) is 7.08. The van der Waals surface area contributed by atoms with E-state index in [1.54, 1.807) is 25.1 Å². The SMILES string of the molecule is Cc1cc(Br)ccc1Oc1ccc([C@@H](C)O)cc1[N+](=O)[O-]. The van der Waals surface area contributed by atoms with Crippen molar-refractivity contribution >= 4 is 21.6 Å². The molecule has 1 N–H and O–H groups in total. The van der Waals surface area contributed by atoms with Gasteiger partial charge in [-0.3, -0.25) is 10.1 Å². The first kappa shape index (κ1) is 15.5. The molecule has 0 aliphatic heterocycles. The Morgan fingerprint density at radius 3 is 2.48 bits per heavy atom. The molecule has 0 aromatic heterocycles. The van der Waals surface area contributed by atoms with Crippen LogP contribution < -0.4 is 4.74 Å². The Labute approximate surface area is 130 Å². The van der Waals surface area contributed by atoms with E-state index in [1.165, 1.54) is 12.1 Å². The van der Waals surface area contributed by atoms with E-state index in [1.807, 2.05) is 13.0 Å². The van der Waals surface area contributed by atoms with Gasteiger partial charge in [-0.2, -0.15) is 0 Å². The molecule has 2 aromatic carbocycles. The average molecular weight is 352 g/mol. The minimum absolute atomic E-state index is 0.148. The molecule has 1 atom stereocenters. The van der Waals surface area contributed by atoms with Crippen molar-refractivity contribution in [2.75, 3.05) is 0 Å². The number of ether oxygens (including phenoxy) is 1. The molecule has 0 saturated heterocycles. The number of benzene rings is 2. The second-order valence-corrected chi connectivity index (χ2v) is 5.59. The number of aliphatic hydroxyl groups is 1. The Bertz CT molecular complexity index is 685. The summed E-state index contributed by atoms with van der Waals surface area (Å²) in [6, 6.07) is 9.85. The smallest absolute Gasteiger partial charge is 0.311 e. The van der Waals surface area contributed by atoms with Gasteiger partial charge in [0.15, 0.2) is 0 Å². The van der Waals surface area contributed by atoms with Crippen LogP contribution in [0, 0.1) is 17.0 Å². The highest BCUT2D eigenvalue weighted by molar-refractivity contribution is 9.10. The summed E-state index contributed by atoms with van der Waals surface area (Å²) >= 11 is 3.35. The Hall–Kier alpha value is -1.92. The zero-order chi connectivity index (χ0) is 15.6. The van der Waals surface area contributed by atoms with Crippen molar-refractivity contribution in [2.24, 2.45) is 0 Å². The summed E-state index contributed by atoms with van der Waals surface area (Å²) in [4.78, 5) is 10.6. The lowest BCUT2D eigenvalue weighted by molar-refractivity contribution is -0.385. The van der Waals surface area contributed by atoms with E-state index in [0.717, 1.165) is 10.0 Å². The van der Waals surface area contributed by atoms with Crippen LogP contribution in [0.25, 0.3) is 0 Å². The number of hydrogen-bond acceptors (Lipinski definition) is 4. The molecule has 0 bridgehead atoms. The van der Waals surface area contributed by atoms with E-state index in [9.17, 15) is 15.2 Å². The van der Waals surface area contributed by atoms with Gasteiger partial charge in [0.25, 0.3) is 0 Å². The molecular formula is C15H14BrNO4. The summed E-state index contributed by atoms with van der Waals surface area (Å²) in [6.45, 7) is 3.41. The molecule has 0 radical (unpaired) electrons. The fourth-order valence-electron chi connectivity index (χ4n) is 1.87. The van der Waals surface area contributed by atoms with E-state index in [-0.39, 0.29) is 11.4 Å². The highest BCUT2D eigenvalue weighted by Crippen LogP contribution is 2.35. The lowest BCUT2D eigenvalue weighted by Gasteiger charge is -2.11. The van der Waals surface area contributed by atoms with Crippen molar-refractivity contribution in [1.82, 2.24) is 0 Å². The third-order valence-electron chi connectivity index (χ3n) is 3.02. The molecule has 110 valence electrons. The average Bonchev–Trinajstić information content (AvgIpc) is 2.41. The summed E-state index contributed by atoms with van der Waals surface area (Å²) in [6.07, 6.45) is -0.771. The van der Waals surface area contributed by atoms with Gasteiger partial charge in [0.2, 0.25) is 5.75 Å². The van der Waals surface area contributed by atoms with Crippen LogP contribution in [-0.2, 0) is 0 Å². The molecule has 0 spiro atoms. The van der Waals surface area contributed by atoms with Crippen LogP contribution in [-0.4, -0.2) is 10.0 Å². The molecular weight excluding hydrogens is 338 g/mol. The van der Waals surface area contributed by atoms with Crippen molar-refractivity contribution in [3.05, 3.63) is 62.1 Å². The van der Waals surface area contributed by atoms with Crippen molar-refractivity contribution in [3.63, 3.8) is 0 Å². The zero-order valence-corrected chi connectivity index (χ0v) is 13.1. The monoisotopic (exact) mass is 351 g/mol. The van der Waals surface area contributed by atoms with E-state index in [4.69, 9.17) is 4.74 Å². The Balaban J connectivity index is 2.41. The Kier molecular flexibility index (Phi) is 4.59. The molecule has 6 heteroatoms. The second-order valence-electron chi connectivity index (χ2n) is 4.67. The van der Waals surface area contributed by atoms with Gasteiger partial charge in [-0.1, -0.05) is 22.0 Å². The van der Waals surface area contributed by atoms with Crippen molar-refractivity contribution < 1.29 is 14.8 Å². The third kappa shape index (κ3) is 3.59. The molecule has 0 heterocycles. The summed E-state index contributed by atoms with van der Waals surface area (Å²) in [5.41, 5.74) is 1.16. The molecule has 0 aliphatic rings. The van der Waals surface area contributed by atoms with Crippen molar-refractivity contribution in [3.8, 4) is 11.5 Å². The van der Waals surface area contributed by atoms with Crippen molar-refractivity contribution in [1.29, 1.82) is 0 Å². The number of halogens is 1. The minimum Gasteiger partial charge on any atom is -0.450 e. The number of hydrogen-bond donors (Lipinski definition) is 1. The first-order chi connectivity index (χ1) is 9.88. The molecule has 2 rings (SSSR count). The highest BCUT2D eigenvalue weighted by atomic mass is 79.9. The van der Waals surface area contributed by atoms with E-state index in [2.05, 4.69) is 15.9 Å². The molecule has 0 saturated carbocycles. The number of nitro groups is 1. The van der Waals surface area contributed by atoms with Gasteiger partial charge in [-0.05, 0) is 49.2 Å². The molecule has 5 nitrogen and oxygen atoms in total. The highest BCUT2D eigenvalue weighted by Gasteiger charge is 2.18. The molecule has 0 aliphatic carbocycles. The number of rotatable bonds is 4. The minimum atomic E-state index is -0.771. The normalized spacial score (nSPS) is 12.0. The number of nitro benzene ring substituents is 1. The van der Waals surface area contributed by atoms with Crippen LogP contribution in [0.1, 0.15) is 24.2 Å². The quantitative estimate of drug-likeness (QED) is 0.649. The zero-order valence-electron chi connectivity index (χ0n) is 11.5. The van der Waals surface area contributed by atoms with Crippen LogP contribution in [0.4, 0.5) is 5.69 Å². The molecule has 0 fully saturated rings. The number of aliphatic hydroxyl groups excluding tert-OH is 1. The van der Waals surface area contributed by atoms with Gasteiger partial charge in [0, 0.05) is 10.5 Å². The Morgan fingerprint density at radius 1 is 1.24 bits per heavy atom. The molecule has 0 unspecified atom stereocenters. The summed E-state index contributed by atoms with van der Waals surface area (Å²) in [5.74, 6) is 0.695. The van der Waals surface area contributed by atoms with Crippen LogP contribution >= 0.6 is 15.9 Å². The third-order valence-corrected chi connectivity index (χ3v) is 3.51. The van der Waals surface area contributed by atoms with Gasteiger partial charge < -0.3 is 9.84 Å². The van der Waals surface area contributed by atoms with Gasteiger partial charge in [-0.25, -0.2) is 0 Å². The van der Waals surface area contributed by atoms with Gasteiger partial charge in [-0.15, -0.1) is 0 Å². The molecule has 0 amide bonds. The summed E-state index contributed by atoms with van der Waals surface area (Å²) in [5, 5.41) is 20.7. The molecule has 21 heavy (non-hydrogen) atoms. The maximum Gasteiger partial charge on any atom is 0.311 e. The Morgan fingerprint density at radius 2 is 1.90 bits per heavy atom. The van der Waals surface area contributed by atoms with Gasteiger partial charge >= 0.3 is 5.69 Å². The summed E-state index contributed by atoms with van der Waals surface area (Å²) < 4.78 is 6.56. The first-order valence-electron chi connectivity index (χ1n) is 6.29. The van der Waals surface area contributed by atoms with E-state index in [0.29, 0.717) is 11.3 Å². The maximum absolute atomic E-state index is 11.2.